The van der Waals surface area contributed by atoms with Crippen molar-refractivity contribution in [3.8, 4) is 0 Å². The lowest BCUT2D eigenvalue weighted by Gasteiger charge is -1.76. The molecule has 0 N–H and O–H groups in total. The summed E-state index contributed by atoms with van der Waals surface area (Å²) >= 11 is 0. The van der Waals surface area contributed by atoms with E-state index >= 15 is 0 Å². The highest BCUT2D eigenvalue weighted by atomic mass is 16.7. The highest BCUT2D eigenvalue weighted by Crippen LogP contribution is 3.13. The summed E-state index contributed by atoms with van der Waals surface area (Å²) in [5.41, 5.74) is -10.5. The molecule has 0 saturated heterocycles. The second-order valence-corrected chi connectivity index (χ2v) is 3.87. The quantitative estimate of drug-likeness (QED) is 0.398. The second kappa shape index (κ2) is 1.50. The van der Waals surface area contributed by atoms with Crippen LogP contribution in [0.25, 0.3) is 0 Å². The zero-order valence-corrected chi connectivity index (χ0v) is 7.05. The molecule has 4 rings (SSSR count). The van der Waals surface area contributed by atoms with Crippen molar-refractivity contribution < 1.29 is 19.7 Å². The topological polar surface area (TPSA) is 173 Å². The van der Waals surface area contributed by atoms with Crippen LogP contribution in [-0.2, 0) is 0 Å². The molecule has 4 aliphatic carbocycles. The van der Waals surface area contributed by atoms with Crippen LogP contribution in [0, 0.1) is 40.5 Å². The number of rotatable bonds is 4. The van der Waals surface area contributed by atoms with E-state index in [4.69, 9.17) is 0 Å². The molecule has 12 nitrogen and oxygen atoms in total. The predicted octanol–water partition coefficient (Wildman–Crippen LogP) is -1.91. The minimum absolute atomic E-state index is 1.26. The van der Waals surface area contributed by atoms with E-state index < -0.39 is 41.8 Å². The van der Waals surface area contributed by atoms with E-state index in [0.717, 1.165) is 0 Å². The Kier molecular flexibility index (Phi) is 0.833. The average molecular weight is 232 g/mol. The van der Waals surface area contributed by atoms with E-state index in [1.54, 1.807) is 0 Å². The summed E-state index contributed by atoms with van der Waals surface area (Å²) in [6.45, 7) is 0. The first-order chi connectivity index (χ1) is 7.27. The summed E-state index contributed by atoms with van der Waals surface area (Å²) in [5.74, 6) is 0. The number of hydrogen-bond acceptors (Lipinski definition) is 8. The molecule has 12 heteroatoms. The van der Waals surface area contributed by atoms with Crippen molar-refractivity contribution in [2.24, 2.45) is 0 Å². The number of hydrogen-bond donors (Lipinski definition) is 0. The summed E-state index contributed by atoms with van der Waals surface area (Å²) in [5, 5.41) is 42.3. The molecule has 4 saturated carbocycles. The number of nitrogens with zero attached hydrogens (tertiary/aromatic N) is 4. The summed E-state index contributed by atoms with van der Waals surface area (Å²) in [7, 11) is 0. The molecule has 0 bridgehead atoms. The smallest absolute Gasteiger partial charge is 0.263 e. The van der Waals surface area contributed by atoms with Gasteiger partial charge in [-0.15, -0.1) is 0 Å². The van der Waals surface area contributed by atoms with E-state index in [-0.39, 0.29) is 0 Å². The standard InChI is InChI=1S/C4N4O8/c9-5(10)1-2(6(11)12)3(1,7(13)14)4(1,2)8(15)16. The largest absolute Gasteiger partial charge is 0.474 e. The molecule has 0 aromatic carbocycles. The van der Waals surface area contributed by atoms with Gasteiger partial charge in [0.15, 0.2) is 0 Å². The normalized spacial score (nSPS) is 53.5. The zero-order valence-electron chi connectivity index (χ0n) is 7.05. The zero-order chi connectivity index (χ0) is 12.3. The van der Waals surface area contributed by atoms with Gasteiger partial charge in [0.2, 0.25) is 0 Å². The van der Waals surface area contributed by atoms with Crippen LogP contribution >= 0.6 is 0 Å². The van der Waals surface area contributed by atoms with Crippen LogP contribution in [0.3, 0.4) is 0 Å². The van der Waals surface area contributed by atoms with Gasteiger partial charge >= 0.3 is 22.2 Å². The second-order valence-electron chi connectivity index (χ2n) is 3.87. The third-order valence-corrected chi connectivity index (χ3v) is 3.99. The van der Waals surface area contributed by atoms with Crippen molar-refractivity contribution in [3.63, 3.8) is 0 Å². The fourth-order valence-electron chi connectivity index (χ4n) is 3.45. The molecule has 84 valence electrons. The van der Waals surface area contributed by atoms with Crippen molar-refractivity contribution in [1.82, 2.24) is 0 Å². The Morgan fingerprint density at radius 3 is 0.688 bits per heavy atom. The molecule has 16 heavy (non-hydrogen) atoms. The average Bonchev–Trinajstić information content (AvgIpc) is 3.00. The highest BCUT2D eigenvalue weighted by molar-refractivity contribution is 5.93. The Balaban J connectivity index is 2.22. The van der Waals surface area contributed by atoms with Crippen molar-refractivity contribution in [2.75, 3.05) is 0 Å². The molecular weight excluding hydrogens is 232 g/mol. The Hall–Kier alpha value is -2.40. The van der Waals surface area contributed by atoms with Gasteiger partial charge < -0.3 is 0 Å². The van der Waals surface area contributed by atoms with Gasteiger partial charge in [-0.25, -0.2) is 0 Å². The Morgan fingerprint density at radius 2 is 0.625 bits per heavy atom. The van der Waals surface area contributed by atoms with E-state index in [1.165, 1.54) is 0 Å². The molecule has 0 aromatic rings. The van der Waals surface area contributed by atoms with Gasteiger partial charge in [0.05, 0.1) is 19.7 Å². The van der Waals surface area contributed by atoms with Crippen molar-refractivity contribution in [2.45, 2.75) is 22.2 Å². The molecule has 0 amide bonds. The third-order valence-electron chi connectivity index (χ3n) is 3.99. The molecule has 0 unspecified atom stereocenters. The van der Waals surface area contributed by atoms with Crippen LogP contribution in [0.1, 0.15) is 0 Å². The van der Waals surface area contributed by atoms with Gasteiger partial charge in [-0.2, -0.15) is 0 Å². The number of nitro groups is 4. The molecule has 0 spiro atoms. The fourth-order valence-corrected chi connectivity index (χ4v) is 3.45. The molecule has 0 atom stereocenters. The lowest BCUT2D eigenvalue weighted by Crippen LogP contribution is -2.12. The monoisotopic (exact) mass is 232 g/mol. The van der Waals surface area contributed by atoms with Gasteiger partial charge in [-0.05, 0) is 0 Å². The van der Waals surface area contributed by atoms with Crippen molar-refractivity contribution in [3.05, 3.63) is 40.5 Å². The lowest BCUT2D eigenvalue weighted by atomic mass is 10.7. The first-order valence-corrected chi connectivity index (χ1v) is 3.86. The van der Waals surface area contributed by atoms with Crippen LogP contribution in [0.2, 0.25) is 0 Å². The maximum Gasteiger partial charge on any atom is 0.474 e. The van der Waals surface area contributed by atoms with Gasteiger partial charge in [0, 0.05) is 0 Å². The molecule has 0 aromatic heterocycles. The van der Waals surface area contributed by atoms with Gasteiger partial charge in [-0.3, -0.25) is 40.5 Å². The van der Waals surface area contributed by atoms with Crippen LogP contribution in [-0.4, -0.2) is 41.8 Å². The maximum atomic E-state index is 10.6. The Bertz CT molecular complexity index is 410. The summed E-state index contributed by atoms with van der Waals surface area (Å²) in [4.78, 5) is 37.2. The van der Waals surface area contributed by atoms with E-state index in [1.807, 2.05) is 0 Å². The minimum Gasteiger partial charge on any atom is -0.263 e. The van der Waals surface area contributed by atoms with Crippen molar-refractivity contribution >= 4 is 0 Å². The molecule has 0 radical (unpaired) electrons. The Morgan fingerprint density at radius 1 is 0.500 bits per heavy atom. The maximum absolute atomic E-state index is 10.6. The minimum atomic E-state index is -2.62. The lowest BCUT2D eigenvalue weighted by molar-refractivity contribution is -0.558. The van der Waals surface area contributed by atoms with Gasteiger partial charge in [0.1, 0.15) is 0 Å². The summed E-state index contributed by atoms with van der Waals surface area (Å²) in [6.07, 6.45) is 0. The molecule has 0 heterocycles. The van der Waals surface area contributed by atoms with Crippen LogP contribution in [0.5, 0.6) is 0 Å². The summed E-state index contributed by atoms with van der Waals surface area (Å²) < 4.78 is 0. The van der Waals surface area contributed by atoms with Crippen molar-refractivity contribution in [1.29, 1.82) is 0 Å². The fraction of sp³-hybridized carbons (Fsp3) is 1.00. The SMILES string of the molecule is O=[N+]([O-])C12C3([N+](=O)[O-])C1([N+](=O)[O-])C23[N+](=O)[O-]. The summed E-state index contributed by atoms with van der Waals surface area (Å²) in [6, 6.07) is 0. The van der Waals surface area contributed by atoms with E-state index in [9.17, 15) is 40.5 Å². The van der Waals surface area contributed by atoms with Gasteiger partial charge in [0.25, 0.3) is 0 Å². The molecule has 0 aliphatic heterocycles. The molecular formula is C4N4O8. The van der Waals surface area contributed by atoms with Crippen LogP contribution in [0.4, 0.5) is 0 Å². The molecule has 4 fully saturated rings. The Labute approximate surface area is 83.4 Å². The van der Waals surface area contributed by atoms with Crippen LogP contribution in [0.15, 0.2) is 0 Å². The van der Waals surface area contributed by atoms with E-state index in [2.05, 4.69) is 0 Å². The molecule has 4 aliphatic rings. The van der Waals surface area contributed by atoms with E-state index in [0.29, 0.717) is 0 Å². The highest BCUT2D eigenvalue weighted by Gasteiger charge is 3.78. The third kappa shape index (κ3) is 0.285. The first-order valence-electron chi connectivity index (χ1n) is 3.86. The first kappa shape index (κ1) is 8.87. The predicted molar refractivity (Wildman–Crippen MR) is 38.9 cm³/mol. The van der Waals surface area contributed by atoms with Crippen LogP contribution < -0.4 is 0 Å². The van der Waals surface area contributed by atoms with Gasteiger partial charge in [-0.1, -0.05) is 0 Å².